The van der Waals surface area contributed by atoms with Crippen LogP contribution in [0.1, 0.15) is 30.9 Å². The van der Waals surface area contributed by atoms with Gasteiger partial charge in [-0.25, -0.2) is 4.79 Å². The molecule has 0 radical (unpaired) electrons. The van der Waals surface area contributed by atoms with E-state index in [1.54, 1.807) is 0 Å². The highest BCUT2D eigenvalue weighted by atomic mass is 16.5. The van der Waals surface area contributed by atoms with Gasteiger partial charge in [-0.1, -0.05) is 26.0 Å². The van der Waals surface area contributed by atoms with Gasteiger partial charge in [-0.05, 0) is 30.0 Å². The molecule has 0 N–H and O–H groups in total. The molecule has 0 amide bonds. The third-order valence-corrected chi connectivity index (χ3v) is 2.62. The first-order valence-corrected chi connectivity index (χ1v) is 6.31. The second-order valence-electron chi connectivity index (χ2n) is 6.12. The Morgan fingerprint density at radius 2 is 1.89 bits per heavy atom. The number of likely N-dealkylation sites (N-methyl/N-ethyl adjacent to an activating group) is 1. The van der Waals surface area contributed by atoms with Crippen molar-refractivity contribution in [3.63, 3.8) is 0 Å². The monoisotopic (exact) mass is 250 g/mol. The third kappa shape index (κ3) is 4.49. The molecule has 3 nitrogen and oxygen atoms in total. The van der Waals surface area contributed by atoms with Gasteiger partial charge in [0.2, 0.25) is 0 Å². The summed E-state index contributed by atoms with van der Waals surface area (Å²) < 4.78 is 6.08. The SMILES string of the molecule is Cc1ccc(C(C)C)c(OC(=O)C[N+](C)(C)C)c1. The quantitative estimate of drug-likeness (QED) is 0.466. The molecular weight excluding hydrogens is 226 g/mol. The second kappa shape index (κ2) is 5.53. The molecule has 0 aromatic heterocycles. The van der Waals surface area contributed by atoms with E-state index in [9.17, 15) is 4.79 Å². The first-order chi connectivity index (χ1) is 8.19. The summed E-state index contributed by atoms with van der Waals surface area (Å²) in [6.07, 6.45) is 0. The van der Waals surface area contributed by atoms with E-state index >= 15 is 0 Å². The second-order valence-corrected chi connectivity index (χ2v) is 6.12. The lowest BCUT2D eigenvalue weighted by Crippen LogP contribution is -2.41. The van der Waals surface area contributed by atoms with Crippen LogP contribution < -0.4 is 4.74 Å². The number of hydrogen-bond donors (Lipinski definition) is 0. The zero-order chi connectivity index (χ0) is 13.9. The lowest BCUT2D eigenvalue weighted by molar-refractivity contribution is -0.862. The van der Waals surface area contributed by atoms with Crippen molar-refractivity contribution < 1.29 is 14.0 Å². The summed E-state index contributed by atoms with van der Waals surface area (Å²) in [5.41, 5.74) is 2.18. The van der Waals surface area contributed by atoms with Gasteiger partial charge >= 0.3 is 5.97 Å². The Kier molecular flexibility index (Phi) is 4.52. The van der Waals surface area contributed by atoms with Crippen LogP contribution >= 0.6 is 0 Å². The Labute approximate surface area is 110 Å². The molecule has 0 aliphatic rings. The van der Waals surface area contributed by atoms with Gasteiger partial charge in [0.1, 0.15) is 5.75 Å². The molecule has 0 saturated heterocycles. The highest BCUT2D eigenvalue weighted by molar-refractivity contribution is 5.74. The summed E-state index contributed by atoms with van der Waals surface area (Å²) in [7, 11) is 5.92. The van der Waals surface area contributed by atoms with Crippen LogP contribution in [0.5, 0.6) is 5.75 Å². The first kappa shape index (κ1) is 14.7. The Hall–Kier alpha value is -1.35. The first-order valence-electron chi connectivity index (χ1n) is 6.31. The number of quaternary nitrogens is 1. The van der Waals surface area contributed by atoms with E-state index in [0.717, 1.165) is 11.1 Å². The predicted molar refractivity (Wildman–Crippen MR) is 73.8 cm³/mol. The van der Waals surface area contributed by atoms with Crippen LogP contribution in [0, 0.1) is 6.92 Å². The van der Waals surface area contributed by atoms with Gasteiger partial charge in [-0.15, -0.1) is 0 Å². The van der Waals surface area contributed by atoms with Crippen LogP contribution in [-0.2, 0) is 4.79 Å². The van der Waals surface area contributed by atoms with Crippen molar-refractivity contribution in [2.24, 2.45) is 0 Å². The topological polar surface area (TPSA) is 26.3 Å². The highest BCUT2D eigenvalue weighted by Gasteiger charge is 2.18. The number of esters is 1. The summed E-state index contributed by atoms with van der Waals surface area (Å²) in [5.74, 6) is 0.857. The Balaban J connectivity index is 2.89. The van der Waals surface area contributed by atoms with Crippen LogP contribution in [0.25, 0.3) is 0 Å². The number of carbonyl (C=O) groups excluding carboxylic acids is 1. The summed E-state index contributed by atoms with van der Waals surface area (Å²) in [5, 5.41) is 0. The molecule has 0 unspecified atom stereocenters. The zero-order valence-electron chi connectivity index (χ0n) is 12.3. The zero-order valence-corrected chi connectivity index (χ0v) is 12.3. The summed E-state index contributed by atoms with van der Waals surface area (Å²) in [6.45, 7) is 6.57. The molecule has 100 valence electrons. The number of nitrogens with zero attached hydrogens (tertiary/aromatic N) is 1. The van der Waals surface area contributed by atoms with Gasteiger partial charge < -0.3 is 9.22 Å². The molecule has 0 aliphatic heterocycles. The molecule has 0 heterocycles. The molecule has 1 rings (SSSR count). The lowest BCUT2D eigenvalue weighted by Gasteiger charge is -2.22. The third-order valence-electron chi connectivity index (χ3n) is 2.62. The molecule has 0 spiro atoms. The van der Waals surface area contributed by atoms with Gasteiger partial charge in [0, 0.05) is 0 Å². The smallest absolute Gasteiger partial charge is 0.367 e. The van der Waals surface area contributed by atoms with E-state index in [1.807, 2.05) is 46.3 Å². The summed E-state index contributed by atoms with van der Waals surface area (Å²) in [6, 6.07) is 6.02. The van der Waals surface area contributed by atoms with Gasteiger partial charge in [0.05, 0.1) is 21.1 Å². The highest BCUT2D eigenvalue weighted by Crippen LogP contribution is 2.27. The fourth-order valence-electron chi connectivity index (χ4n) is 1.75. The molecule has 1 aromatic carbocycles. The fourth-order valence-corrected chi connectivity index (χ4v) is 1.75. The van der Waals surface area contributed by atoms with Crippen LogP contribution in [0.15, 0.2) is 18.2 Å². The number of carbonyl (C=O) groups is 1. The van der Waals surface area contributed by atoms with E-state index in [4.69, 9.17) is 4.74 Å². The predicted octanol–water partition coefficient (Wildman–Crippen LogP) is 2.73. The Morgan fingerprint density at radius 3 is 2.39 bits per heavy atom. The largest absolute Gasteiger partial charge is 0.422 e. The normalized spacial score (nSPS) is 11.7. The molecule has 18 heavy (non-hydrogen) atoms. The van der Waals surface area contributed by atoms with Crippen molar-refractivity contribution >= 4 is 5.97 Å². The molecule has 0 bridgehead atoms. The summed E-state index contributed by atoms with van der Waals surface area (Å²) >= 11 is 0. The van der Waals surface area contributed by atoms with E-state index in [2.05, 4.69) is 13.8 Å². The fraction of sp³-hybridized carbons (Fsp3) is 0.533. The van der Waals surface area contributed by atoms with E-state index in [0.29, 0.717) is 22.7 Å². The van der Waals surface area contributed by atoms with Crippen LogP contribution in [0.3, 0.4) is 0 Å². The van der Waals surface area contributed by atoms with Gasteiger partial charge in [-0.3, -0.25) is 0 Å². The number of hydrogen-bond acceptors (Lipinski definition) is 2. The molecular formula is C15H24NO2+. The molecule has 0 atom stereocenters. The molecule has 0 fully saturated rings. The average Bonchev–Trinajstić information content (AvgIpc) is 2.13. The van der Waals surface area contributed by atoms with E-state index in [-0.39, 0.29) is 5.97 Å². The van der Waals surface area contributed by atoms with Crippen molar-refractivity contribution in [3.05, 3.63) is 29.3 Å². The van der Waals surface area contributed by atoms with Crippen LogP contribution in [-0.4, -0.2) is 38.1 Å². The van der Waals surface area contributed by atoms with Gasteiger partial charge in [-0.2, -0.15) is 0 Å². The Morgan fingerprint density at radius 1 is 1.28 bits per heavy atom. The standard InChI is InChI=1S/C15H24NO2/c1-11(2)13-8-7-12(3)9-14(13)18-15(17)10-16(4,5)6/h7-9,11H,10H2,1-6H3/q+1. The molecule has 3 heteroatoms. The minimum atomic E-state index is -0.185. The average molecular weight is 250 g/mol. The Bertz CT molecular complexity index is 431. The number of benzene rings is 1. The number of ether oxygens (including phenoxy) is 1. The van der Waals surface area contributed by atoms with Crippen molar-refractivity contribution in [1.82, 2.24) is 0 Å². The minimum Gasteiger partial charge on any atom is -0.422 e. The van der Waals surface area contributed by atoms with Gasteiger partial charge in [0.25, 0.3) is 0 Å². The van der Waals surface area contributed by atoms with Gasteiger partial charge in [0.15, 0.2) is 6.54 Å². The van der Waals surface area contributed by atoms with Crippen molar-refractivity contribution in [1.29, 1.82) is 0 Å². The van der Waals surface area contributed by atoms with E-state index in [1.165, 1.54) is 0 Å². The number of aryl methyl sites for hydroxylation is 1. The maximum atomic E-state index is 11.9. The molecule has 0 saturated carbocycles. The van der Waals surface area contributed by atoms with Crippen molar-refractivity contribution in [2.75, 3.05) is 27.7 Å². The summed E-state index contributed by atoms with van der Waals surface area (Å²) in [4.78, 5) is 11.9. The molecule has 1 aromatic rings. The maximum absolute atomic E-state index is 11.9. The lowest BCUT2D eigenvalue weighted by atomic mass is 10.0. The van der Waals surface area contributed by atoms with Crippen molar-refractivity contribution in [2.45, 2.75) is 26.7 Å². The number of rotatable bonds is 4. The molecule has 0 aliphatic carbocycles. The van der Waals surface area contributed by atoms with E-state index < -0.39 is 0 Å². The maximum Gasteiger partial charge on any atom is 0.367 e. The van der Waals surface area contributed by atoms with Crippen LogP contribution in [0.2, 0.25) is 0 Å². The van der Waals surface area contributed by atoms with Crippen molar-refractivity contribution in [3.8, 4) is 5.75 Å². The minimum absolute atomic E-state index is 0.185. The van der Waals surface area contributed by atoms with Crippen LogP contribution in [0.4, 0.5) is 0 Å².